The zero-order chi connectivity index (χ0) is 24.8. The Morgan fingerprint density at radius 1 is 0.568 bits per heavy atom. The smallest absolute Gasteiger partial charge is 0.141 e. The first-order valence-electron chi connectivity index (χ1n) is 12.3. The van der Waals surface area contributed by atoms with Gasteiger partial charge in [0.15, 0.2) is 0 Å². The molecule has 0 radical (unpaired) electrons. The van der Waals surface area contributed by atoms with Crippen molar-refractivity contribution in [3.05, 3.63) is 133 Å². The van der Waals surface area contributed by atoms with E-state index in [-0.39, 0.29) is 0 Å². The van der Waals surface area contributed by atoms with Crippen molar-refractivity contribution in [2.45, 2.75) is 0 Å². The molecule has 0 N–H and O–H groups in total. The van der Waals surface area contributed by atoms with Crippen LogP contribution < -0.4 is 0 Å². The van der Waals surface area contributed by atoms with Gasteiger partial charge in [-0.2, -0.15) is 5.26 Å². The van der Waals surface area contributed by atoms with Crippen LogP contribution in [0.5, 0.6) is 0 Å². The van der Waals surface area contributed by atoms with Crippen molar-refractivity contribution >= 4 is 32.6 Å². The molecule has 0 saturated heterocycles. The van der Waals surface area contributed by atoms with Gasteiger partial charge in [-0.05, 0) is 69.4 Å². The molecule has 0 aliphatic carbocycles. The highest BCUT2D eigenvalue weighted by Gasteiger charge is 2.17. The molecule has 0 unspecified atom stereocenters. The van der Waals surface area contributed by atoms with Crippen LogP contribution >= 0.6 is 0 Å². The van der Waals surface area contributed by atoms with E-state index in [4.69, 9.17) is 0 Å². The Morgan fingerprint density at radius 3 is 2.03 bits per heavy atom. The van der Waals surface area contributed by atoms with Crippen molar-refractivity contribution in [3.8, 4) is 34.0 Å². The molecule has 172 valence electrons. The van der Waals surface area contributed by atoms with E-state index in [2.05, 4.69) is 125 Å². The van der Waals surface area contributed by atoms with Crippen LogP contribution in [-0.2, 0) is 0 Å². The SMILES string of the molecule is N#Cc1cc(-c2ccc(-c3cc4c(c5ccccc35)c3ccccc3n4-c3ccccc3)cc2)ccn1. The highest BCUT2D eigenvalue weighted by Crippen LogP contribution is 2.41. The summed E-state index contributed by atoms with van der Waals surface area (Å²) in [5.41, 5.74) is 8.37. The summed E-state index contributed by atoms with van der Waals surface area (Å²) >= 11 is 0. The average Bonchev–Trinajstić information content (AvgIpc) is 3.32. The molecule has 0 fully saturated rings. The third-order valence-corrected chi connectivity index (χ3v) is 7.10. The predicted octanol–water partition coefficient (Wildman–Crippen LogP) is 8.54. The summed E-state index contributed by atoms with van der Waals surface area (Å²) in [7, 11) is 0. The van der Waals surface area contributed by atoms with Gasteiger partial charge in [0.2, 0.25) is 0 Å². The van der Waals surface area contributed by atoms with Gasteiger partial charge in [0.05, 0.1) is 11.0 Å². The summed E-state index contributed by atoms with van der Waals surface area (Å²) in [5, 5.41) is 14.2. The fourth-order valence-electron chi connectivity index (χ4n) is 5.44. The fourth-order valence-corrected chi connectivity index (χ4v) is 5.44. The average molecular weight is 472 g/mol. The van der Waals surface area contributed by atoms with Gasteiger partial charge in [-0.3, -0.25) is 0 Å². The van der Waals surface area contributed by atoms with Gasteiger partial charge in [-0.25, -0.2) is 4.98 Å². The van der Waals surface area contributed by atoms with Crippen molar-refractivity contribution in [3.63, 3.8) is 0 Å². The predicted molar refractivity (Wildman–Crippen MR) is 152 cm³/mol. The number of rotatable bonds is 3. The monoisotopic (exact) mass is 471 g/mol. The molecule has 0 atom stereocenters. The van der Waals surface area contributed by atoms with Crippen LogP contribution in [-0.4, -0.2) is 9.55 Å². The molecular formula is C34H21N3. The molecule has 0 amide bonds. The van der Waals surface area contributed by atoms with Gasteiger partial charge in [0.1, 0.15) is 11.8 Å². The number of nitrogens with zero attached hydrogens (tertiary/aromatic N) is 3. The second-order valence-electron chi connectivity index (χ2n) is 9.17. The van der Waals surface area contributed by atoms with Gasteiger partial charge >= 0.3 is 0 Å². The van der Waals surface area contributed by atoms with E-state index in [9.17, 15) is 5.26 Å². The quantitative estimate of drug-likeness (QED) is 0.259. The van der Waals surface area contributed by atoms with E-state index in [1.807, 2.05) is 12.1 Å². The van der Waals surface area contributed by atoms with Crippen molar-refractivity contribution in [2.24, 2.45) is 0 Å². The van der Waals surface area contributed by atoms with E-state index in [1.54, 1.807) is 6.20 Å². The fraction of sp³-hybridized carbons (Fsp3) is 0. The molecule has 0 spiro atoms. The van der Waals surface area contributed by atoms with Crippen LogP contribution in [0.3, 0.4) is 0 Å². The maximum absolute atomic E-state index is 9.23. The molecule has 0 bridgehead atoms. The number of para-hydroxylation sites is 2. The van der Waals surface area contributed by atoms with Gasteiger partial charge in [0, 0.05) is 22.7 Å². The zero-order valence-electron chi connectivity index (χ0n) is 20.0. The minimum absolute atomic E-state index is 0.423. The Bertz CT molecular complexity index is 1970. The van der Waals surface area contributed by atoms with Crippen LogP contribution in [0.1, 0.15) is 5.69 Å². The van der Waals surface area contributed by atoms with Crippen LogP contribution in [0, 0.1) is 11.3 Å². The summed E-state index contributed by atoms with van der Waals surface area (Å²) in [6, 6.07) is 44.7. The number of nitriles is 1. The number of fused-ring (bicyclic) bond motifs is 5. The van der Waals surface area contributed by atoms with Gasteiger partial charge in [-0.15, -0.1) is 0 Å². The minimum Gasteiger partial charge on any atom is -0.309 e. The van der Waals surface area contributed by atoms with E-state index in [1.165, 1.54) is 38.1 Å². The third kappa shape index (κ3) is 3.39. The van der Waals surface area contributed by atoms with Crippen LogP contribution in [0.4, 0.5) is 0 Å². The largest absolute Gasteiger partial charge is 0.309 e. The van der Waals surface area contributed by atoms with Crippen LogP contribution in [0.25, 0.3) is 60.5 Å². The second kappa shape index (κ2) is 8.48. The van der Waals surface area contributed by atoms with E-state index in [0.717, 1.165) is 22.4 Å². The first-order valence-corrected chi connectivity index (χ1v) is 12.3. The van der Waals surface area contributed by atoms with E-state index < -0.39 is 0 Å². The first-order chi connectivity index (χ1) is 18.3. The lowest BCUT2D eigenvalue weighted by Crippen LogP contribution is -1.94. The normalized spacial score (nSPS) is 11.2. The van der Waals surface area contributed by atoms with Gasteiger partial charge in [0.25, 0.3) is 0 Å². The summed E-state index contributed by atoms with van der Waals surface area (Å²) in [6.07, 6.45) is 1.69. The van der Waals surface area contributed by atoms with Gasteiger partial charge < -0.3 is 4.57 Å². The molecule has 0 saturated carbocycles. The topological polar surface area (TPSA) is 41.6 Å². The maximum atomic E-state index is 9.23. The van der Waals surface area contributed by atoms with E-state index in [0.29, 0.717) is 5.69 Å². The number of hydrogen-bond acceptors (Lipinski definition) is 2. The molecule has 0 aliphatic rings. The van der Waals surface area contributed by atoms with Crippen molar-refractivity contribution in [2.75, 3.05) is 0 Å². The standard InChI is InChI=1S/C34H21N3/c35-22-26-20-25(18-19-36-26)23-14-16-24(17-15-23)31-21-33-34(29-11-5-4-10-28(29)31)30-12-6-7-13-32(30)37(33)27-8-2-1-3-9-27/h1-21H. The molecule has 37 heavy (non-hydrogen) atoms. The number of aromatic nitrogens is 2. The first kappa shape index (κ1) is 21.1. The molecule has 3 nitrogen and oxygen atoms in total. The van der Waals surface area contributed by atoms with Crippen molar-refractivity contribution in [1.29, 1.82) is 5.26 Å². The highest BCUT2D eigenvalue weighted by atomic mass is 15.0. The molecular weight excluding hydrogens is 450 g/mol. The Hall–Kier alpha value is -5.20. The van der Waals surface area contributed by atoms with Crippen molar-refractivity contribution in [1.82, 2.24) is 9.55 Å². The summed E-state index contributed by atoms with van der Waals surface area (Å²) in [5.74, 6) is 0. The molecule has 7 rings (SSSR count). The van der Waals surface area contributed by atoms with Crippen molar-refractivity contribution < 1.29 is 0 Å². The van der Waals surface area contributed by atoms with E-state index >= 15 is 0 Å². The van der Waals surface area contributed by atoms with Gasteiger partial charge in [-0.1, -0.05) is 84.9 Å². The molecule has 0 aliphatic heterocycles. The molecule has 3 heteroatoms. The molecule has 2 heterocycles. The highest BCUT2D eigenvalue weighted by molar-refractivity contribution is 6.24. The summed E-state index contributed by atoms with van der Waals surface area (Å²) < 4.78 is 2.37. The Kier molecular flexibility index (Phi) is 4.84. The van der Waals surface area contributed by atoms with Crippen LogP contribution in [0.15, 0.2) is 128 Å². The maximum Gasteiger partial charge on any atom is 0.141 e. The lowest BCUT2D eigenvalue weighted by molar-refractivity contribution is 1.18. The number of benzene rings is 5. The summed E-state index contributed by atoms with van der Waals surface area (Å²) in [6.45, 7) is 0. The minimum atomic E-state index is 0.423. The Balaban J connectivity index is 1.50. The molecule has 5 aromatic carbocycles. The summed E-state index contributed by atoms with van der Waals surface area (Å²) in [4.78, 5) is 4.10. The second-order valence-corrected chi connectivity index (χ2v) is 9.17. The number of pyridine rings is 1. The molecule has 7 aromatic rings. The van der Waals surface area contributed by atoms with Crippen LogP contribution in [0.2, 0.25) is 0 Å². The zero-order valence-corrected chi connectivity index (χ0v) is 20.0. The Labute approximate surface area is 214 Å². The lowest BCUT2D eigenvalue weighted by atomic mass is 9.93. The number of hydrogen-bond donors (Lipinski definition) is 0. The lowest BCUT2D eigenvalue weighted by Gasteiger charge is -2.13. The molecule has 2 aromatic heterocycles. The third-order valence-electron chi connectivity index (χ3n) is 7.10. The Morgan fingerprint density at radius 2 is 1.24 bits per heavy atom.